The van der Waals surface area contributed by atoms with Gasteiger partial charge in [-0.05, 0) is 30.3 Å². The molecule has 1 aromatic heterocycles. The molecule has 2 aromatic carbocycles. The fraction of sp³-hybridized carbons (Fsp3) is 0. The van der Waals surface area contributed by atoms with Gasteiger partial charge >= 0.3 is 5.97 Å². The minimum absolute atomic E-state index is 0.123. The van der Waals surface area contributed by atoms with Gasteiger partial charge in [-0.2, -0.15) is 0 Å². The molecule has 3 rings (SSSR count). The number of carboxylic acid groups (broad SMARTS) is 1. The number of phenols is 1. The molecule has 0 saturated heterocycles. The number of fused-ring (bicyclic) bond motifs is 2. The first-order valence-corrected chi connectivity index (χ1v) is 5.27. The Balaban J connectivity index is 2.34. The van der Waals surface area contributed by atoms with Crippen LogP contribution in [0.15, 0.2) is 36.4 Å². The highest BCUT2D eigenvalue weighted by atomic mass is 16.4. The van der Waals surface area contributed by atoms with E-state index >= 15 is 0 Å². The van der Waals surface area contributed by atoms with Crippen molar-refractivity contribution >= 4 is 28.0 Å². The van der Waals surface area contributed by atoms with Crippen LogP contribution in [0.3, 0.4) is 0 Å². The monoisotopic (exact) mass is 240 g/mol. The lowest BCUT2D eigenvalue weighted by Gasteiger charge is -2.02. The van der Waals surface area contributed by atoms with Crippen LogP contribution in [0, 0.1) is 0 Å². The third-order valence-corrected chi connectivity index (χ3v) is 2.66. The third-order valence-electron chi connectivity index (χ3n) is 2.66. The maximum Gasteiger partial charge on any atom is 0.335 e. The number of hydrogen-bond donors (Lipinski definition) is 2. The quantitative estimate of drug-likeness (QED) is 0.637. The van der Waals surface area contributed by atoms with Gasteiger partial charge in [-0.1, -0.05) is 0 Å². The predicted octanol–water partition coefficient (Wildman–Crippen LogP) is 2.19. The first-order valence-electron chi connectivity index (χ1n) is 5.27. The molecule has 0 aliphatic heterocycles. The summed E-state index contributed by atoms with van der Waals surface area (Å²) in [6.45, 7) is 0. The van der Waals surface area contributed by atoms with Gasteiger partial charge < -0.3 is 10.2 Å². The zero-order valence-electron chi connectivity index (χ0n) is 9.16. The number of aromatic carboxylic acids is 1. The van der Waals surface area contributed by atoms with E-state index < -0.39 is 5.97 Å². The van der Waals surface area contributed by atoms with Crippen molar-refractivity contribution in [2.45, 2.75) is 0 Å². The fourth-order valence-electron chi connectivity index (χ4n) is 1.80. The molecule has 0 amide bonds. The van der Waals surface area contributed by atoms with Crippen LogP contribution in [0.2, 0.25) is 0 Å². The summed E-state index contributed by atoms with van der Waals surface area (Å²) >= 11 is 0. The van der Waals surface area contributed by atoms with E-state index in [9.17, 15) is 9.90 Å². The average Bonchev–Trinajstić information content (AvgIpc) is 2.35. The molecule has 0 atom stereocenters. The number of phenolic OH excluding ortho intramolecular Hbond substituents is 1. The van der Waals surface area contributed by atoms with Crippen molar-refractivity contribution in [2.75, 3.05) is 0 Å². The number of aromatic nitrogens is 2. The first-order chi connectivity index (χ1) is 8.63. The van der Waals surface area contributed by atoms with Crippen molar-refractivity contribution in [1.29, 1.82) is 0 Å². The molecular weight excluding hydrogens is 232 g/mol. The van der Waals surface area contributed by atoms with Crippen LogP contribution < -0.4 is 0 Å². The predicted molar refractivity (Wildman–Crippen MR) is 65.7 cm³/mol. The van der Waals surface area contributed by atoms with E-state index in [0.29, 0.717) is 22.1 Å². The summed E-state index contributed by atoms with van der Waals surface area (Å²) in [6, 6.07) is 9.25. The van der Waals surface area contributed by atoms with E-state index in [1.165, 1.54) is 24.3 Å². The van der Waals surface area contributed by atoms with Gasteiger partial charge in [-0.3, -0.25) is 0 Å². The van der Waals surface area contributed by atoms with E-state index in [2.05, 4.69) is 9.97 Å². The first kappa shape index (κ1) is 10.5. The minimum Gasteiger partial charge on any atom is -0.508 e. The molecule has 0 bridgehead atoms. The summed E-state index contributed by atoms with van der Waals surface area (Å²) in [5, 5.41) is 18.3. The molecular formula is C13H8N2O3. The standard InChI is InChI=1S/C13H8N2O3/c16-8-2-4-10-12(6-8)15-9-3-1-7(13(17)18)5-11(9)14-10/h1-6,16H,(H,17,18). The molecule has 5 nitrogen and oxygen atoms in total. The number of carbonyl (C=O) groups is 1. The van der Waals surface area contributed by atoms with Crippen LogP contribution in [-0.2, 0) is 0 Å². The summed E-state index contributed by atoms with van der Waals surface area (Å²) < 4.78 is 0. The molecule has 0 radical (unpaired) electrons. The Bertz CT molecular complexity index is 784. The Morgan fingerprint density at radius 1 is 0.889 bits per heavy atom. The van der Waals surface area contributed by atoms with Gasteiger partial charge in [0.2, 0.25) is 0 Å². The second-order valence-corrected chi connectivity index (χ2v) is 3.91. The lowest BCUT2D eigenvalue weighted by molar-refractivity contribution is 0.0697. The van der Waals surface area contributed by atoms with Crippen molar-refractivity contribution in [3.05, 3.63) is 42.0 Å². The van der Waals surface area contributed by atoms with Crippen molar-refractivity contribution in [1.82, 2.24) is 9.97 Å². The van der Waals surface area contributed by atoms with Crippen LogP contribution in [-0.4, -0.2) is 26.2 Å². The number of rotatable bonds is 1. The van der Waals surface area contributed by atoms with Gasteiger partial charge in [0.25, 0.3) is 0 Å². The number of nitrogens with zero attached hydrogens (tertiary/aromatic N) is 2. The summed E-state index contributed by atoms with van der Waals surface area (Å²) in [5.74, 6) is -0.872. The maximum atomic E-state index is 10.9. The van der Waals surface area contributed by atoms with Crippen LogP contribution >= 0.6 is 0 Å². The Labute approximate surface area is 101 Å². The number of hydrogen-bond acceptors (Lipinski definition) is 4. The molecule has 1 heterocycles. The topological polar surface area (TPSA) is 83.3 Å². The Kier molecular flexibility index (Phi) is 2.13. The highest BCUT2D eigenvalue weighted by Crippen LogP contribution is 2.20. The molecule has 2 N–H and O–H groups in total. The zero-order valence-corrected chi connectivity index (χ0v) is 9.16. The van der Waals surface area contributed by atoms with Crippen molar-refractivity contribution in [3.8, 4) is 5.75 Å². The molecule has 3 aromatic rings. The minimum atomic E-state index is -0.996. The van der Waals surface area contributed by atoms with Gasteiger partial charge in [0, 0.05) is 6.07 Å². The van der Waals surface area contributed by atoms with Gasteiger partial charge in [-0.15, -0.1) is 0 Å². The number of aromatic hydroxyl groups is 1. The molecule has 0 aliphatic carbocycles. The normalized spacial score (nSPS) is 10.9. The van der Waals surface area contributed by atoms with Crippen LogP contribution in [0.4, 0.5) is 0 Å². The van der Waals surface area contributed by atoms with Gasteiger partial charge in [0.15, 0.2) is 0 Å². The van der Waals surface area contributed by atoms with E-state index in [4.69, 9.17) is 5.11 Å². The molecule has 88 valence electrons. The lowest BCUT2D eigenvalue weighted by atomic mass is 10.2. The second kappa shape index (κ2) is 3.66. The summed E-state index contributed by atoms with van der Waals surface area (Å²) in [5.41, 5.74) is 2.48. The SMILES string of the molecule is O=C(O)c1ccc2nc3cc(O)ccc3nc2c1. The van der Waals surface area contributed by atoms with E-state index in [1.54, 1.807) is 12.1 Å². The Morgan fingerprint density at radius 3 is 2.17 bits per heavy atom. The summed E-state index contributed by atoms with van der Waals surface area (Å²) in [7, 11) is 0. The van der Waals surface area contributed by atoms with Crippen molar-refractivity contribution in [2.24, 2.45) is 0 Å². The van der Waals surface area contributed by atoms with Crippen LogP contribution in [0.1, 0.15) is 10.4 Å². The van der Waals surface area contributed by atoms with Gasteiger partial charge in [0.05, 0.1) is 27.6 Å². The highest BCUT2D eigenvalue weighted by molar-refractivity contribution is 5.94. The molecule has 0 unspecified atom stereocenters. The molecule has 0 fully saturated rings. The average molecular weight is 240 g/mol. The molecule has 18 heavy (non-hydrogen) atoms. The van der Waals surface area contributed by atoms with Crippen LogP contribution in [0.5, 0.6) is 5.75 Å². The number of benzene rings is 2. The van der Waals surface area contributed by atoms with E-state index in [1.807, 2.05) is 0 Å². The van der Waals surface area contributed by atoms with E-state index in [-0.39, 0.29) is 11.3 Å². The van der Waals surface area contributed by atoms with Crippen molar-refractivity contribution in [3.63, 3.8) is 0 Å². The summed E-state index contributed by atoms with van der Waals surface area (Å²) in [4.78, 5) is 19.5. The Morgan fingerprint density at radius 2 is 1.50 bits per heavy atom. The Hall–Kier alpha value is -2.69. The van der Waals surface area contributed by atoms with E-state index in [0.717, 1.165) is 0 Å². The number of carboxylic acids is 1. The molecule has 0 saturated carbocycles. The highest BCUT2D eigenvalue weighted by Gasteiger charge is 2.07. The third kappa shape index (κ3) is 1.62. The fourth-order valence-corrected chi connectivity index (χ4v) is 1.80. The lowest BCUT2D eigenvalue weighted by Crippen LogP contribution is -1.97. The second-order valence-electron chi connectivity index (χ2n) is 3.91. The summed E-state index contributed by atoms with van der Waals surface area (Å²) in [6.07, 6.45) is 0. The molecule has 0 aliphatic rings. The zero-order chi connectivity index (χ0) is 12.7. The van der Waals surface area contributed by atoms with Crippen molar-refractivity contribution < 1.29 is 15.0 Å². The molecule has 5 heteroatoms. The van der Waals surface area contributed by atoms with Gasteiger partial charge in [-0.25, -0.2) is 14.8 Å². The maximum absolute atomic E-state index is 10.9. The largest absolute Gasteiger partial charge is 0.508 e. The van der Waals surface area contributed by atoms with Gasteiger partial charge in [0.1, 0.15) is 5.75 Å². The smallest absolute Gasteiger partial charge is 0.335 e. The molecule has 0 spiro atoms. The van der Waals surface area contributed by atoms with Crippen LogP contribution in [0.25, 0.3) is 22.1 Å².